The lowest BCUT2D eigenvalue weighted by molar-refractivity contribution is -0.870. The van der Waals surface area contributed by atoms with E-state index in [9.17, 15) is 19.5 Å². The number of aliphatic carboxylic acids is 1. The molecule has 434 valence electrons. The fraction of sp³-hybridized carbons (Fsp3) is 0.603. The maximum atomic E-state index is 12.9. The van der Waals surface area contributed by atoms with Gasteiger partial charge in [-0.15, -0.1) is 0 Å². The van der Waals surface area contributed by atoms with Gasteiger partial charge in [-0.2, -0.15) is 0 Å². The van der Waals surface area contributed by atoms with E-state index in [0.29, 0.717) is 23.9 Å². The fourth-order valence-corrected chi connectivity index (χ4v) is 7.55. The maximum absolute atomic E-state index is 12.9. The number of carboxylic acids is 1. The number of allylic oxidation sites excluding steroid dienone is 24. The minimum Gasteiger partial charge on any atom is -0.477 e. The number of rotatable bonds is 53. The third-order valence-corrected chi connectivity index (χ3v) is 12.1. The summed E-state index contributed by atoms with van der Waals surface area (Å²) in [7, 11) is 5.94. The number of ether oxygens (including phenoxy) is 4. The first-order chi connectivity index (χ1) is 37.6. The Labute approximate surface area is 471 Å². The highest BCUT2D eigenvalue weighted by Crippen LogP contribution is 2.15. The number of carbonyl (C=O) groups excluding carboxylic acids is 2. The number of carboxylic acid groups (broad SMARTS) is 1. The molecule has 2 unspecified atom stereocenters. The smallest absolute Gasteiger partial charge is 0.361 e. The predicted molar refractivity (Wildman–Crippen MR) is 327 cm³/mol. The van der Waals surface area contributed by atoms with Crippen molar-refractivity contribution >= 4 is 17.9 Å². The number of esters is 2. The number of nitrogens with zero attached hydrogens (tertiary/aromatic N) is 1. The quantitative estimate of drug-likeness (QED) is 0.0211. The minimum absolute atomic E-state index is 0.172. The molecule has 77 heavy (non-hydrogen) atoms. The van der Waals surface area contributed by atoms with Gasteiger partial charge in [0, 0.05) is 12.8 Å². The van der Waals surface area contributed by atoms with Crippen molar-refractivity contribution in [1.82, 2.24) is 0 Å². The van der Waals surface area contributed by atoms with Gasteiger partial charge in [0.15, 0.2) is 6.10 Å². The molecule has 0 saturated heterocycles. The Bertz CT molecular complexity index is 1770. The Morgan fingerprint density at radius 3 is 1.06 bits per heavy atom. The van der Waals surface area contributed by atoms with Crippen molar-refractivity contribution in [1.29, 1.82) is 0 Å². The zero-order chi connectivity index (χ0) is 56.2. The van der Waals surface area contributed by atoms with Crippen LogP contribution in [0.1, 0.15) is 206 Å². The van der Waals surface area contributed by atoms with Crippen LogP contribution in [0.25, 0.3) is 0 Å². The highest BCUT2D eigenvalue weighted by Gasteiger charge is 2.25. The van der Waals surface area contributed by atoms with Crippen LogP contribution in [-0.4, -0.2) is 87.4 Å². The Morgan fingerprint density at radius 1 is 0.390 bits per heavy atom. The largest absolute Gasteiger partial charge is 0.477 e. The molecule has 0 aromatic carbocycles. The first-order valence-electron chi connectivity index (χ1n) is 30.0. The van der Waals surface area contributed by atoms with Crippen molar-refractivity contribution in [3.8, 4) is 0 Å². The number of likely N-dealkylation sites (N-methyl/N-ethyl adjacent to an activating group) is 1. The maximum Gasteiger partial charge on any atom is 0.361 e. The van der Waals surface area contributed by atoms with Gasteiger partial charge < -0.3 is 28.5 Å². The molecular weight excluding hydrogens is 959 g/mol. The van der Waals surface area contributed by atoms with Gasteiger partial charge in [-0.1, -0.05) is 224 Å². The van der Waals surface area contributed by atoms with Crippen molar-refractivity contribution in [2.45, 2.75) is 219 Å². The molecule has 0 bridgehead atoms. The molecule has 2 atom stereocenters. The first kappa shape index (κ1) is 72.2. The zero-order valence-electron chi connectivity index (χ0n) is 49.3. The van der Waals surface area contributed by atoms with Crippen LogP contribution >= 0.6 is 0 Å². The third kappa shape index (κ3) is 58.7. The van der Waals surface area contributed by atoms with Crippen molar-refractivity contribution in [2.24, 2.45) is 0 Å². The summed E-state index contributed by atoms with van der Waals surface area (Å²) in [6.45, 7) is 4.57. The summed E-state index contributed by atoms with van der Waals surface area (Å²) in [6.07, 6.45) is 80.7. The Kier molecular flexibility index (Phi) is 53.8. The molecule has 0 heterocycles. The van der Waals surface area contributed by atoms with Gasteiger partial charge in [0.1, 0.15) is 13.2 Å². The molecule has 0 aliphatic rings. The second-order valence-corrected chi connectivity index (χ2v) is 20.5. The normalized spacial score (nSPS) is 13.8. The van der Waals surface area contributed by atoms with Crippen LogP contribution in [0.4, 0.5) is 0 Å². The van der Waals surface area contributed by atoms with Crippen LogP contribution in [0.2, 0.25) is 0 Å². The lowest BCUT2D eigenvalue weighted by Gasteiger charge is -2.25. The summed E-state index contributed by atoms with van der Waals surface area (Å²) >= 11 is 0. The predicted octanol–water partition coefficient (Wildman–Crippen LogP) is 18.0. The van der Waals surface area contributed by atoms with E-state index in [0.717, 1.165) is 109 Å². The van der Waals surface area contributed by atoms with Crippen molar-refractivity contribution in [3.63, 3.8) is 0 Å². The lowest BCUT2D eigenvalue weighted by atomic mass is 10.0. The van der Waals surface area contributed by atoms with Crippen molar-refractivity contribution in [2.75, 3.05) is 47.5 Å². The average Bonchev–Trinajstić information content (AvgIpc) is 3.40. The Hall–Kier alpha value is -4.83. The highest BCUT2D eigenvalue weighted by atomic mass is 16.7. The van der Waals surface area contributed by atoms with Crippen molar-refractivity contribution in [3.05, 3.63) is 146 Å². The average molecular weight is 1070 g/mol. The van der Waals surface area contributed by atoms with E-state index < -0.39 is 30.3 Å². The highest BCUT2D eigenvalue weighted by molar-refractivity contribution is 5.71. The van der Waals surface area contributed by atoms with E-state index >= 15 is 0 Å². The Morgan fingerprint density at radius 2 is 0.701 bits per heavy atom. The van der Waals surface area contributed by atoms with E-state index in [1.807, 2.05) is 21.1 Å². The number of carbonyl (C=O) groups is 3. The molecule has 9 nitrogen and oxygen atoms in total. The molecule has 1 N–H and O–H groups in total. The standard InChI is InChI=1S/C68H109NO8/c1-6-8-10-12-14-16-18-20-22-24-26-28-29-30-31-32-33-34-35-36-37-39-41-43-45-47-49-51-53-55-57-59-66(71)77-64(63-76-68(67(72)73)74-61-60-69(3,4)5)62-75-65(70)58-56-54-52-50-48-46-44-42-40-38-27-25-23-21-19-17-15-13-11-9-7-2/h8-11,14-17,20-23,26-28,30-31,33-34,38,42,44,48,50,64,68H,6-7,12-13,18-19,24-25,29,32,35-37,39-41,43,45-47,49,51-63H2,1-5H3/p+1/b10-8-,11-9-,16-14-,17-15-,22-20-,23-21-,28-26-,31-30-,34-33-,38-27-,44-42-,50-48-. The molecule has 0 rings (SSSR count). The van der Waals surface area contributed by atoms with Gasteiger partial charge in [0.05, 0.1) is 34.4 Å². The second kappa shape index (κ2) is 57.3. The van der Waals surface area contributed by atoms with Gasteiger partial charge >= 0.3 is 17.9 Å². The van der Waals surface area contributed by atoms with Gasteiger partial charge in [0.25, 0.3) is 6.29 Å². The van der Waals surface area contributed by atoms with Gasteiger partial charge in [-0.25, -0.2) is 4.79 Å². The molecule has 0 spiro atoms. The fourth-order valence-electron chi connectivity index (χ4n) is 7.55. The number of quaternary nitrogens is 1. The second-order valence-electron chi connectivity index (χ2n) is 20.5. The molecule has 0 aliphatic heterocycles. The van der Waals surface area contributed by atoms with Gasteiger partial charge in [-0.05, 0) is 116 Å². The van der Waals surface area contributed by atoms with E-state index in [2.05, 4.69) is 160 Å². The SMILES string of the molecule is CC/C=C\C/C=C\C/C=C\C/C=C\C/C=C\C/C=C\CCCCCCCCCCCCCCC(=O)OC(COC(=O)CCCC/C=C\C/C=C\C/C=C\C/C=C\C/C=C\C/C=C\CC)COC(OCC[N+](C)(C)C)C(=O)O. The number of hydrogen-bond donors (Lipinski definition) is 1. The molecule has 0 fully saturated rings. The number of unbranched alkanes of at least 4 members (excludes halogenated alkanes) is 14. The summed E-state index contributed by atoms with van der Waals surface area (Å²) in [6, 6.07) is 0. The third-order valence-electron chi connectivity index (χ3n) is 12.1. The van der Waals surface area contributed by atoms with Crippen LogP contribution in [-0.2, 0) is 33.3 Å². The molecule has 0 radical (unpaired) electrons. The number of hydrogen-bond acceptors (Lipinski definition) is 7. The molecule has 0 aliphatic carbocycles. The minimum atomic E-state index is -1.53. The summed E-state index contributed by atoms with van der Waals surface area (Å²) in [5.74, 6) is -2.08. The van der Waals surface area contributed by atoms with Gasteiger partial charge in [-0.3, -0.25) is 9.59 Å². The van der Waals surface area contributed by atoms with Crippen LogP contribution in [0.15, 0.2) is 146 Å². The van der Waals surface area contributed by atoms with Crippen LogP contribution < -0.4 is 0 Å². The molecule has 0 aromatic heterocycles. The summed E-state index contributed by atoms with van der Waals surface area (Å²) < 4.78 is 22.8. The zero-order valence-corrected chi connectivity index (χ0v) is 49.3. The Balaban J connectivity index is 4.30. The monoisotopic (exact) mass is 1070 g/mol. The lowest BCUT2D eigenvalue weighted by Crippen LogP contribution is -2.40. The van der Waals surface area contributed by atoms with Crippen LogP contribution in [0, 0.1) is 0 Å². The van der Waals surface area contributed by atoms with Crippen LogP contribution in [0.3, 0.4) is 0 Å². The van der Waals surface area contributed by atoms with Crippen LogP contribution in [0.5, 0.6) is 0 Å². The molecule has 0 saturated carbocycles. The van der Waals surface area contributed by atoms with E-state index in [-0.39, 0.29) is 32.7 Å². The molecule has 9 heteroatoms. The summed E-state index contributed by atoms with van der Waals surface area (Å²) in [5.41, 5.74) is 0. The molecular formula is C68H110NO8+. The van der Waals surface area contributed by atoms with E-state index in [4.69, 9.17) is 18.9 Å². The summed E-state index contributed by atoms with van der Waals surface area (Å²) in [5, 5.41) is 9.71. The molecule has 0 amide bonds. The topological polar surface area (TPSA) is 108 Å². The van der Waals surface area contributed by atoms with Crippen molar-refractivity contribution < 1.29 is 42.9 Å². The first-order valence-corrected chi connectivity index (χ1v) is 30.0. The van der Waals surface area contributed by atoms with E-state index in [1.165, 1.54) is 57.8 Å². The van der Waals surface area contributed by atoms with Gasteiger partial charge in [0.2, 0.25) is 0 Å². The summed E-state index contributed by atoms with van der Waals surface area (Å²) in [4.78, 5) is 37.5. The molecule has 0 aromatic rings. The van der Waals surface area contributed by atoms with E-state index in [1.54, 1.807) is 0 Å².